The van der Waals surface area contributed by atoms with Gasteiger partial charge in [-0.3, -0.25) is 4.79 Å². The van der Waals surface area contributed by atoms with Crippen molar-refractivity contribution in [2.75, 3.05) is 26.1 Å². The molecule has 0 aliphatic rings. The number of hydrogen-bond acceptors (Lipinski definition) is 7. The molecular formula is C21H23NO7. The summed E-state index contributed by atoms with van der Waals surface area (Å²) in [6.07, 6.45) is -0.224. The van der Waals surface area contributed by atoms with E-state index < -0.39 is 24.5 Å². The van der Waals surface area contributed by atoms with E-state index in [1.807, 2.05) is 0 Å². The number of ether oxygens (including phenoxy) is 4. The fraction of sp³-hybridized carbons (Fsp3) is 0.286. The summed E-state index contributed by atoms with van der Waals surface area (Å²) in [6.45, 7) is 3.01. The van der Waals surface area contributed by atoms with Gasteiger partial charge in [0.2, 0.25) is 0 Å². The molecule has 2 aromatic rings. The van der Waals surface area contributed by atoms with Gasteiger partial charge in [-0.25, -0.2) is 9.59 Å². The van der Waals surface area contributed by atoms with Crippen LogP contribution >= 0.6 is 0 Å². The van der Waals surface area contributed by atoms with Gasteiger partial charge < -0.3 is 24.3 Å². The number of amides is 1. The van der Waals surface area contributed by atoms with Crippen LogP contribution in [0.2, 0.25) is 0 Å². The molecular weight excluding hydrogens is 378 g/mol. The molecule has 0 bridgehead atoms. The zero-order valence-electron chi connectivity index (χ0n) is 16.7. The topological polar surface area (TPSA) is 100 Å². The molecule has 1 N–H and O–H groups in total. The number of nitrogens with one attached hydrogen (secondary N) is 1. The van der Waals surface area contributed by atoms with Gasteiger partial charge >= 0.3 is 11.9 Å². The van der Waals surface area contributed by atoms with E-state index in [0.717, 1.165) is 0 Å². The molecule has 0 aliphatic carbocycles. The highest BCUT2D eigenvalue weighted by molar-refractivity contribution is 5.99. The Balaban J connectivity index is 1.95. The molecule has 0 aromatic heterocycles. The monoisotopic (exact) mass is 401 g/mol. The molecule has 0 fully saturated rings. The highest BCUT2D eigenvalue weighted by Gasteiger charge is 2.20. The number of rotatable bonds is 8. The van der Waals surface area contributed by atoms with Crippen LogP contribution in [0.4, 0.5) is 5.69 Å². The van der Waals surface area contributed by atoms with Crippen molar-refractivity contribution in [2.24, 2.45) is 0 Å². The third-order valence-electron chi connectivity index (χ3n) is 3.71. The molecule has 0 saturated carbocycles. The molecule has 1 amide bonds. The van der Waals surface area contributed by atoms with Gasteiger partial charge in [-0.15, -0.1) is 0 Å². The average molecular weight is 401 g/mol. The van der Waals surface area contributed by atoms with Gasteiger partial charge in [0.25, 0.3) is 5.91 Å². The highest BCUT2D eigenvalue weighted by Crippen LogP contribution is 2.28. The van der Waals surface area contributed by atoms with Crippen LogP contribution in [0.1, 0.15) is 34.6 Å². The molecule has 0 saturated heterocycles. The van der Waals surface area contributed by atoms with Crippen molar-refractivity contribution in [1.29, 1.82) is 0 Å². The summed E-state index contributed by atoms with van der Waals surface area (Å²) in [4.78, 5) is 36.3. The quantitative estimate of drug-likeness (QED) is 0.679. The maximum absolute atomic E-state index is 12.4. The number of carbonyl (C=O) groups is 3. The summed E-state index contributed by atoms with van der Waals surface area (Å²) in [7, 11) is 2.83. The molecule has 2 aromatic carbocycles. The number of anilines is 1. The predicted molar refractivity (Wildman–Crippen MR) is 105 cm³/mol. The predicted octanol–water partition coefficient (Wildman–Crippen LogP) is 3.06. The van der Waals surface area contributed by atoms with E-state index in [2.05, 4.69) is 5.32 Å². The molecule has 0 atom stereocenters. The number of carbonyl (C=O) groups excluding carboxylic acids is 3. The maximum Gasteiger partial charge on any atom is 0.346 e. The van der Waals surface area contributed by atoms with Gasteiger partial charge in [-0.1, -0.05) is 6.07 Å². The standard InChI is InChI=1S/C21H23NO7/c1-13(2)29-20(24)14-8-10-15(11-9-14)22-18(23)12-28-21(25)19-16(26-3)6-5-7-17(19)27-4/h5-11,13H,12H2,1-4H3,(H,22,23). The van der Waals surface area contributed by atoms with Crippen LogP contribution in [0.3, 0.4) is 0 Å². The van der Waals surface area contributed by atoms with Crippen LogP contribution in [-0.2, 0) is 14.3 Å². The lowest BCUT2D eigenvalue weighted by Crippen LogP contribution is -2.21. The van der Waals surface area contributed by atoms with E-state index in [9.17, 15) is 14.4 Å². The van der Waals surface area contributed by atoms with Crippen LogP contribution in [-0.4, -0.2) is 44.8 Å². The molecule has 0 spiro atoms. The first kappa shape index (κ1) is 21.7. The van der Waals surface area contributed by atoms with Crippen molar-refractivity contribution in [1.82, 2.24) is 0 Å². The third kappa shape index (κ3) is 5.97. The van der Waals surface area contributed by atoms with Gasteiger partial charge in [-0.2, -0.15) is 0 Å². The molecule has 0 aliphatic heterocycles. The van der Waals surface area contributed by atoms with Crippen molar-refractivity contribution in [2.45, 2.75) is 20.0 Å². The summed E-state index contributed by atoms with van der Waals surface area (Å²) in [6, 6.07) is 11.0. The second-order valence-electron chi connectivity index (χ2n) is 6.19. The lowest BCUT2D eigenvalue weighted by Gasteiger charge is -2.12. The maximum atomic E-state index is 12.4. The van der Waals surface area contributed by atoms with Crippen LogP contribution in [0.25, 0.3) is 0 Å². The number of methoxy groups -OCH3 is 2. The summed E-state index contributed by atoms with van der Waals surface area (Å²) in [5.74, 6) is -1.18. The second kappa shape index (κ2) is 10.1. The SMILES string of the molecule is COc1cccc(OC)c1C(=O)OCC(=O)Nc1ccc(C(=O)OC(C)C)cc1. The van der Waals surface area contributed by atoms with E-state index in [-0.39, 0.29) is 23.2 Å². The largest absolute Gasteiger partial charge is 0.496 e. The Morgan fingerprint density at radius 3 is 2.00 bits per heavy atom. The van der Waals surface area contributed by atoms with Crippen molar-refractivity contribution in [3.63, 3.8) is 0 Å². The third-order valence-corrected chi connectivity index (χ3v) is 3.71. The summed E-state index contributed by atoms with van der Waals surface area (Å²) >= 11 is 0. The summed E-state index contributed by atoms with van der Waals surface area (Å²) in [5, 5.41) is 2.58. The average Bonchev–Trinajstić information content (AvgIpc) is 2.71. The Morgan fingerprint density at radius 2 is 1.48 bits per heavy atom. The van der Waals surface area contributed by atoms with Gasteiger partial charge in [-0.05, 0) is 50.2 Å². The zero-order valence-corrected chi connectivity index (χ0v) is 16.7. The summed E-state index contributed by atoms with van der Waals surface area (Å²) in [5.41, 5.74) is 0.909. The first-order chi connectivity index (χ1) is 13.8. The van der Waals surface area contributed by atoms with Crippen LogP contribution in [0.5, 0.6) is 11.5 Å². The highest BCUT2D eigenvalue weighted by atomic mass is 16.5. The Kier molecular flexibility index (Phi) is 7.59. The minimum atomic E-state index is -0.749. The normalized spacial score (nSPS) is 10.2. The zero-order chi connectivity index (χ0) is 21.4. The van der Waals surface area contributed by atoms with Gasteiger partial charge in [0.05, 0.1) is 25.9 Å². The Morgan fingerprint density at radius 1 is 0.897 bits per heavy atom. The molecule has 8 heteroatoms. The van der Waals surface area contributed by atoms with Gasteiger partial charge in [0.15, 0.2) is 6.61 Å². The number of hydrogen-bond donors (Lipinski definition) is 1. The van der Waals surface area contributed by atoms with E-state index in [4.69, 9.17) is 18.9 Å². The van der Waals surface area contributed by atoms with Crippen LogP contribution in [0.15, 0.2) is 42.5 Å². The molecule has 2 rings (SSSR count). The first-order valence-electron chi connectivity index (χ1n) is 8.84. The van der Waals surface area contributed by atoms with Crippen LogP contribution < -0.4 is 14.8 Å². The molecule has 0 radical (unpaired) electrons. The van der Waals surface area contributed by atoms with E-state index in [1.165, 1.54) is 26.4 Å². The molecule has 0 unspecified atom stereocenters. The van der Waals surface area contributed by atoms with Gasteiger partial charge in [0, 0.05) is 5.69 Å². The van der Waals surface area contributed by atoms with E-state index in [1.54, 1.807) is 44.2 Å². The Labute approximate surface area is 168 Å². The fourth-order valence-electron chi connectivity index (χ4n) is 2.42. The Bertz CT molecular complexity index is 853. The molecule has 29 heavy (non-hydrogen) atoms. The first-order valence-corrected chi connectivity index (χ1v) is 8.84. The van der Waals surface area contributed by atoms with E-state index >= 15 is 0 Å². The van der Waals surface area contributed by atoms with Crippen molar-refractivity contribution in [3.05, 3.63) is 53.6 Å². The fourth-order valence-corrected chi connectivity index (χ4v) is 2.42. The van der Waals surface area contributed by atoms with Crippen molar-refractivity contribution in [3.8, 4) is 11.5 Å². The summed E-state index contributed by atoms with van der Waals surface area (Å²) < 4.78 is 20.5. The van der Waals surface area contributed by atoms with Crippen molar-refractivity contribution < 1.29 is 33.3 Å². The minimum absolute atomic E-state index is 0.0957. The molecule has 154 valence electrons. The van der Waals surface area contributed by atoms with E-state index in [0.29, 0.717) is 11.3 Å². The van der Waals surface area contributed by atoms with Crippen LogP contribution in [0, 0.1) is 0 Å². The number of esters is 2. The smallest absolute Gasteiger partial charge is 0.346 e. The number of benzene rings is 2. The molecule has 0 heterocycles. The van der Waals surface area contributed by atoms with Crippen molar-refractivity contribution >= 4 is 23.5 Å². The lowest BCUT2D eigenvalue weighted by atomic mass is 10.2. The van der Waals surface area contributed by atoms with Gasteiger partial charge in [0.1, 0.15) is 17.1 Å². The Hall–Kier alpha value is -3.55. The minimum Gasteiger partial charge on any atom is -0.496 e. The lowest BCUT2D eigenvalue weighted by molar-refractivity contribution is -0.119. The second-order valence-corrected chi connectivity index (χ2v) is 6.19. The molecule has 8 nitrogen and oxygen atoms in total.